The highest BCUT2D eigenvalue weighted by molar-refractivity contribution is 5.93. The van der Waals surface area contributed by atoms with Crippen molar-refractivity contribution in [1.29, 1.82) is 5.41 Å². The summed E-state index contributed by atoms with van der Waals surface area (Å²) in [6.07, 6.45) is 2.97. The van der Waals surface area contributed by atoms with Crippen molar-refractivity contribution in [3.63, 3.8) is 0 Å². The summed E-state index contributed by atoms with van der Waals surface area (Å²) in [6, 6.07) is 9.97. The second kappa shape index (κ2) is 15.7. The summed E-state index contributed by atoms with van der Waals surface area (Å²) in [7, 11) is 1.49. The average molecular weight is 436 g/mol. The van der Waals surface area contributed by atoms with Gasteiger partial charge in [0.05, 0.1) is 19.8 Å². The Morgan fingerprint density at radius 3 is 2.26 bits per heavy atom. The maximum atomic E-state index is 11.7. The summed E-state index contributed by atoms with van der Waals surface area (Å²) >= 11 is 0. The Labute approximate surface area is 183 Å². The van der Waals surface area contributed by atoms with Crippen LogP contribution < -0.4 is 5.32 Å². The van der Waals surface area contributed by atoms with Crippen molar-refractivity contribution in [2.45, 2.75) is 45.4 Å². The fourth-order valence-corrected chi connectivity index (χ4v) is 2.47. The van der Waals surface area contributed by atoms with Crippen LogP contribution >= 0.6 is 0 Å². The lowest BCUT2D eigenvalue weighted by molar-refractivity contribution is -0.144. The van der Waals surface area contributed by atoms with E-state index in [9.17, 15) is 14.4 Å². The molecule has 0 saturated carbocycles. The zero-order valence-electron chi connectivity index (χ0n) is 18.4. The van der Waals surface area contributed by atoms with Crippen LogP contribution in [0.2, 0.25) is 0 Å². The molecule has 0 aromatic heterocycles. The molecule has 172 valence electrons. The van der Waals surface area contributed by atoms with Gasteiger partial charge in [0.1, 0.15) is 6.54 Å². The quantitative estimate of drug-likeness (QED) is 0.161. The molecule has 2 N–H and O–H groups in total. The van der Waals surface area contributed by atoms with E-state index < -0.39 is 12.1 Å². The second-order valence-electron chi connectivity index (χ2n) is 6.95. The number of hydrogen-bond donors (Lipinski definition) is 2. The molecule has 9 heteroatoms. The molecule has 31 heavy (non-hydrogen) atoms. The zero-order valence-corrected chi connectivity index (χ0v) is 18.4. The lowest BCUT2D eigenvalue weighted by Gasteiger charge is -2.19. The number of hydrogen-bond acceptors (Lipinski definition) is 7. The lowest BCUT2D eigenvalue weighted by Crippen LogP contribution is -2.44. The number of nitrogens with zero attached hydrogens (tertiary/aromatic N) is 1. The number of rotatable bonds is 13. The van der Waals surface area contributed by atoms with Crippen LogP contribution in [-0.4, -0.2) is 62.3 Å². The van der Waals surface area contributed by atoms with E-state index in [2.05, 4.69) is 5.32 Å². The van der Waals surface area contributed by atoms with Crippen LogP contribution in [0.1, 0.15) is 44.6 Å². The molecule has 1 rings (SSSR count). The predicted octanol–water partition coefficient (Wildman–Crippen LogP) is 2.88. The highest BCUT2D eigenvalue weighted by Crippen LogP contribution is 2.05. The van der Waals surface area contributed by atoms with Crippen LogP contribution in [0.25, 0.3) is 0 Å². The third kappa shape index (κ3) is 12.9. The number of benzene rings is 1. The summed E-state index contributed by atoms with van der Waals surface area (Å²) in [5.74, 6) is -0.967. The van der Waals surface area contributed by atoms with Crippen molar-refractivity contribution >= 4 is 24.0 Å². The average Bonchev–Trinajstić information content (AvgIpc) is 2.75. The fraction of sp³-hybridized carbons (Fsp3) is 0.545. The van der Waals surface area contributed by atoms with Gasteiger partial charge in [-0.25, -0.2) is 4.79 Å². The summed E-state index contributed by atoms with van der Waals surface area (Å²) in [5.41, 5.74) is 1.20. The number of ether oxygens (including phenoxy) is 3. The van der Waals surface area contributed by atoms with Crippen molar-refractivity contribution in [2.24, 2.45) is 0 Å². The van der Waals surface area contributed by atoms with Crippen LogP contribution in [0.5, 0.6) is 0 Å². The monoisotopic (exact) mass is 435 g/mol. The van der Waals surface area contributed by atoms with Crippen molar-refractivity contribution in [1.82, 2.24) is 10.2 Å². The van der Waals surface area contributed by atoms with Crippen LogP contribution in [0.15, 0.2) is 30.3 Å². The van der Waals surface area contributed by atoms with Gasteiger partial charge in [0, 0.05) is 13.5 Å². The molecule has 1 aromatic rings. The maximum Gasteiger partial charge on any atom is 0.413 e. The molecule has 0 aliphatic heterocycles. The first kappa shape index (κ1) is 25.9. The standard InChI is InChI=1S/C22H33N3O6/c1-3-14-29-20(27)17-25(2)21(23)24-22(28)31-16-8-7-15-30-19(26)13-9-12-18-10-5-4-6-11-18/h4-6,10-11H,3,7-9,12-17H2,1-2H3,(H2,23,24,28). The third-order valence-electron chi connectivity index (χ3n) is 4.16. The SMILES string of the molecule is CCCOC(=O)CN(C)C(=N)NC(=O)OCCCCOC(=O)CCCc1ccccc1. The molecule has 0 bridgehead atoms. The van der Waals surface area contributed by atoms with Crippen molar-refractivity contribution in [3.05, 3.63) is 35.9 Å². The number of carbonyl (C=O) groups excluding carboxylic acids is 3. The van der Waals surface area contributed by atoms with E-state index in [4.69, 9.17) is 19.6 Å². The molecule has 0 atom stereocenters. The Morgan fingerprint density at radius 2 is 1.58 bits per heavy atom. The summed E-state index contributed by atoms with van der Waals surface area (Å²) in [6.45, 7) is 2.46. The van der Waals surface area contributed by atoms with E-state index in [-0.39, 0.29) is 31.7 Å². The van der Waals surface area contributed by atoms with E-state index in [1.165, 1.54) is 17.5 Å². The number of nitrogens with one attached hydrogen (secondary N) is 2. The topological polar surface area (TPSA) is 118 Å². The van der Waals surface area contributed by atoms with E-state index >= 15 is 0 Å². The minimum absolute atomic E-state index is 0.132. The highest BCUT2D eigenvalue weighted by Gasteiger charge is 2.14. The van der Waals surface area contributed by atoms with Crippen LogP contribution in [0, 0.1) is 5.41 Å². The number of unbranched alkanes of at least 4 members (excludes halogenated alkanes) is 1. The highest BCUT2D eigenvalue weighted by atomic mass is 16.6. The van der Waals surface area contributed by atoms with Gasteiger partial charge in [0.25, 0.3) is 0 Å². The first-order valence-corrected chi connectivity index (χ1v) is 10.5. The van der Waals surface area contributed by atoms with Crippen LogP contribution in [0.3, 0.4) is 0 Å². The zero-order chi connectivity index (χ0) is 22.9. The molecule has 1 amide bonds. The van der Waals surface area contributed by atoms with Crippen LogP contribution in [-0.2, 0) is 30.2 Å². The molecule has 1 aromatic carbocycles. The smallest absolute Gasteiger partial charge is 0.413 e. The number of esters is 2. The Morgan fingerprint density at radius 1 is 0.935 bits per heavy atom. The molecule has 0 unspecified atom stereocenters. The maximum absolute atomic E-state index is 11.7. The van der Waals surface area contributed by atoms with E-state index in [0.717, 1.165) is 12.8 Å². The molecule has 0 aliphatic carbocycles. The molecular weight excluding hydrogens is 402 g/mol. The van der Waals surface area contributed by atoms with Gasteiger partial charge in [-0.05, 0) is 37.7 Å². The number of carbonyl (C=O) groups is 3. The normalized spacial score (nSPS) is 10.1. The summed E-state index contributed by atoms with van der Waals surface area (Å²) < 4.78 is 15.1. The number of guanidine groups is 1. The Kier molecular flexibility index (Phi) is 13.1. The van der Waals surface area contributed by atoms with Crippen LogP contribution in [0.4, 0.5) is 4.79 Å². The van der Waals surface area contributed by atoms with Gasteiger partial charge in [0.15, 0.2) is 0 Å². The molecule has 0 heterocycles. The first-order chi connectivity index (χ1) is 14.9. The van der Waals surface area contributed by atoms with Gasteiger partial charge in [-0.3, -0.25) is 20.3 Å². The Balaban J connectivity index is 2.03. The van der Waals surface area contributed by atoms with E-state index in [0.29, 0.717) is 32.3 Å². The molecular formula is C22H33N3O6. The molecule has 9 nitrogen and oxygen atoms in total. The molecule has 0 saturated heterocycles. The number of amides is 1. The van der Waals surface area contributed by atoms with Gasteiger partial charge in [0.2, 0.25) is 5.96 Å². The predicted molar refractivity (Wildman–Crippen MR) is 116 cm³/mol. The van der Waals surface area contributed by atoms with Crippen molar-refractivity contribution in [3.8, 4) is 0 Å². The number of likely N-dealkylation sites (N-methyl/N-ethyl adjacent to an activating group) is 1. The van der Waals surface area contributed by atoms with Gasteiger partial charge >= 0.3 is 18.0 Å². The minimum Gasteiger partial charge on any atom is -0.466 e. The fourth-order valence-electron chi connectivity index (χ4n) is 2.47. The lowest BCUT2D eigenvalue weighted by atomic mass is 10.1. The van der Waals surface area contributed by atoms with Crippen molar-refractivity contribution in [2.75, 3.05) is 33.4 Å². The Bertz CT molecular complexity index is 696. The Hall–Kier alpha value is -3.10. The molecule has 0 aliphatic rings. The van der Waals surface area contributed by atoms with Crippen molar-refractivity contribution < 1.29 is 28.6 Å². The largest absolute Gasteiger partial charge is 0.466 e. The summed E-state index contributed by atoms with van der Waals surface area (Å²) in [5, 5.41) is 9.99. The van der Waals surface area contributed by atoms with Gasteiger partial charge in [-0.1, -0.05) is 37.3 Å². The minimum atomic E-state index is -0.781. The van der Waals surface area contributed by atoms with Gasteiger partial charge in [-0.15, -0.1) is 0 Å². The second-order valence-corrected chi connectivity index (χ2v) is 6.95. The molecule has 0 fully saturated rings. The van der Waals surface area contributed by atoms with E-state index in [1.807, 2.05) is 37.3 Å². The molecule has 0 radical (unpaired) electrons. The summed E-state index contributed by atoms with van der Waals surface area (Å²) in [4.78, 5) is 36.2. The third-order valence-corrected chi connectivity index (χ3v) is 4.16. The van der Waals surface area contributed by atoms with E-state index in [1.54, 1.807) is 0 Å². The molecule has 0 spiro atoms. The number of alkyl carbamates (subject to hydrolysis) is 1. The van der Waals surface area contributed by atoms with Gasteiger partial charge < -0.3 is 19.1 Å². The van der Waals surface area contributed by atoms with Gasteiger partial charge in [-0.2, -0.15) is 0 Å². The first-order valence-electron chi connectivity index (χ1n) is 10.5. The number of aryl methyl sites for hydroxylation is 1.